The van der Waals surface area contributed by atoms with Gasteiger partial charge in [-0.05, 0) is 35.9 Å². The highest BCUT2D eigenvalue weighted by Gasteiger charge is 2.31. The summed E-state index contributed by atoms with van der Waals surface area (Å²) in [5.41, 5.74) is -1.49. The van der Waals surface area contributed by atoms with Crippen LogP contribution >= 0.6 is 0 Å². The Kier molecular flexibility index (Phi) is 6.37. The Morgan fingerprint density at radius 3 is 2.25 bits per heavy atom. The number of imide groups is 1. The van der Waals surface area contributed by atoms with Crippen molar-refractivity contribution in [1.29, 1.82) is 0 Å². The monoisotopic (exact) mass is 451 g/mol. The number of halogens is 5. The topological polar surface area (TPSA) is 80.2 Å². The first-order chi connectivity index (χ1) is 15.0. The average Bonchev–Trinajstić information content (AvgIpc) is 2.71. The summed E-state index contributed by atoms with van der Waals surface area (Å²) in [6.45, 7) is -0.172. The van der Waals surface area contributed by atoms with Crippen LogP contribution in [0.2, 0.25) is 0 Å². The molecule has 11 heteroatoms. The van der Waals surface area contributed by atoms with E-state index in [1.54, 1.807) is 0 Å². The number of aromatic nitrogens is 1. The second-order valence-electron chi connectivity index (χ2n) is 6.61. The summed E-state index contributed by atoms with van der Waals surface area (Å²) in [4.78, 5) is 35.8. The predicted octanol–water partition coefficient (Wildman–Crippen LogP) is 4.16. The molecule has 0 unspecified atom stereocenters. The maximum Gasteiger partial charge on any atom is 0.417 e. The first kappa shape index (κ1) is 22.7. The van der Waals surface area contributed by atoms with Gasteiger partial charge in [-0.15, -0.1) is 0 Å². The Bertz CT molecular complexity index is 1220. The number of carbonyl (C=O) groups excluding carboxylic acids is 2. The molecule has 2 aromatic carbocycles. The van der Waals surface area contributed by atoms with Gasteiger partial charge in [0.2, 0.25) is 0 Å². The highest BCUT2D eigenvalue weighted by atomic mass is 19.4. The molecule has 3 rings (SSSR count). The molecule has 3 aromatic rings. The van der Waals surface area contributed by atoms with Crippen molar-refractivity contribution in [3.63, 3.8) is 0 Å². The normalized spacial score (nSPS) is 11.2. The molecule has 6 nitrogen and oxygen atoms in total. The number of urea groups is 1. The Hall–Kier alpha value is -4.02. The van der Waals surface area contributed by atoms with E-state index in [1.807, 2.05) is 5.32 Å². The minimum absolute atomic E-state index is 0.0277. The summed E-state index contributed by atoms with van der Waals surface area (Å²) in [5, 5.41) is 4.02. The van der Waals surface area contributed by atoms with E-state index in [0.717, 1.165) is 22.8 Å². The van der Waals surface area contributed by atoms with E-state index in [-0.39, 0.29) is 17.8 Å². The molecule has 3 amide bonds. The van der Waals surface area contributed by atoms with E-state index >= 15 is 0 Å². The third kappa shape index (κ3) is 5.56. The van der Waals surface area contributed by atoms with Crippen LogP contribution in [0.15, 0.2) is 65.6 Å². The number of nitrogens with zero attached hydrogens (tertiary/aromatic N) is 1. The van der Waals surface area contributed by atoms with Gasteiger partial charge in [0.15, 0.2) is 0 Å². The summed E-state index contributed by atoms with van der Waals surface area (Å²) in [7, 11) is 0. The summed E-state index contributed by atoms with van der Waals surface area (Å²) in [6.07, 6.45) is -3.91. The highest BCUT2D eigenvalue weighted by molar-refractivity contribution is 6.07. The third-order valence-corrected chi connectivity index (χ3v) is 4.29. The van der Waals surface area contributed by atoms with Gasteiger partial charge in [-0.1, -0.05) is 12.1 Å². The molecule has 0 atom stereocenters. The van der Waals surface area contributed by atoms with Gasteiger partial charge in [0.1, 0.15) is 11.6 Å². The van der Waals surface area contributed by atoms with Crippen molar-refractivity contribution in [3.8, 4) is 0 Å². The highest BCUT2D eigenvalue weighted by Crippen LogP contribution is 2.28. The lowest BCUT2D eigenvalue weighted by Gasteiger charge is -2.11. The first-order valence-corrected chi connectivity index (χ1v) is 8.97. The molecule has 32 heavy (non-hydrogen) atoms. The van der Waals surface area contributed by atoms with Crippen molar-refractivity contribution in [2.75, 3.05) is 5.32 Å². The van der Waals surface area contributed by atoms with Crippen molar-refractivity contribution < 1.29 is 31.5 Å². The fourth-order valence-electron chi connectivity index (χ4n) is 2.70. The zero-order valence-electron chi connectivity index (χ0n) is 16.0. The standard InChI is InChI=1S/C21H14F5N3O3/c22-15-6-7-17(16(23)9-15)27-20(32)28-19(31)13-3-1-12(2-4-13)10-29-11-14(21(24,25)26)5-8-18(29)30/h1-9,11H,10H2,(H2,27,28,31,32). The van der Waals surface area contributed by atoms with Gasteiger partial charge in [0.25, 0.3) is 11.5 Å². The Labute approximate surface area is 177 Å². The van der Waals surface area contributed by atoms with Crippen molar-refractivity contribution in [2.45, 2.75) is 12.7 Å². The number of rotatable bonds is 4. The fraction of sp³-hybridized carbons (Fsp3) is 0.0952. The minimum Gasteiger partial charge on any atom is -0.311 e. The van der Waals surface area contributed by atoms with E-state index in [9.17, 15) is 36.3 Å². The van der Waals surface area contributed by atoms with E-state index < -0.39 is 40.9 Å². The molecule has 0 spiro atoms. The second-order valence-corrected chi connectivity index (χ2v) is 6.61. The maximum atomic E-state index is 13.6. The van der Waals surface area contributed by atoms with Crippen LogP contribution in [0.5, 0.6) is 0 Å². The van der Waals surface area contributed by atoms with Crippen LogP contribution in [-0.4, -0.2) is 16.5 Å². The van der Waals surface area contributed by atoms with E-state index in [0.29, 0.717) is 23.9 Å². The smallest absolute Gasteiger partial charge is 0.311 e. The Balaban J connectivity index is 1.66. The largest absolute Gasteiger partial charge is 0.417 e. The number of alkyl halides is 3. The molecule has 0 aliphatic carbocycles. The van der Waals surface area contributed by atoms with Crippen LogP contribution in [-0.2, 0) is 12.7 Å². The second kappa shape index (κ2) is 9.00. The SMILES string of the molecule is O=C(NC(=O)c1ccc(Cn2cc(C(F)(F)F)ccc2=O)cc1)Nc1ccc(F)cc1F. The molecule has 0 bridgehead atoms. The van der Waals surface area contributed by atoms with Crippen LogP contribution in [0.4, 0.5) is 32.4 Å². The number of carbonyl (C=O) groups is 2. The van der Waals surface area contributed by atoms with E-state index in [4.69, 9.17) is 0 Å². The van der Waals surface area contributed by atoms with Crippen molar-refractivity contribution in [3.05, 3.63) is 99.5 Å². The van der Waals surface area contributed by atoms with Gasteiger partial charge in [-0.3, -0.25) is 14.9 Å². The first-order valence-electron chi connectivity index (χ1n) is 8.97. The fourth-order valence-corrected chi connectivity index (χ4v) is 2.70. The molecule has 0 saturated carbocycles. The number of anilines is 1. The molecule has 0 fully saturated rings. The molecule has 0 saturated heterocycles. The number of nitrogens with one attached hydrogen (secondary N) is 2. The Morgan fingerprint density at radius 1 is 0.938 bits per heavy atom. The number of amides is 3. The lowest BCUT2D eigenvalue weighted by Crippen LogP contribution is -2.34. The lowest BCUT2D eigenvalue weighted by molar-refractivity contribution is -0.138. The van der Waals surface area contributed by atoms with Crippen molar-refractivity contribution >= 4 is 17.6 Å². The number of pyridine rings is 1. The lowest BCUT2D eigenvalue weighted by atomic mass is 10.1. The van der Waals surface area contributed by atoms with Crippen LogP contribution in [0.25, 0.3) is 0 Å². The molecule has 2 N–H and O–H groups in total. The molecule has 1 heterocycles. The summed E-state index contributed by atoms with van der Waals surface area (Å²) in [6, 6.07) is 8.32. The van der Waals surface area contributed by atoms with Gasteiger partial charge in [0, 0.05) is 23.9 Å². The number of hydrogen-bond acceptors (Lipinski definition) is 3. The molecular weight excluding hydrogens is 437 g/mol. The molecule has 1 aromatic heterocycles. The molecule has 166 valence electrons. The molecule has 0 aliphatic heterocycles. The maximum absolute atomic E-state index is 13.6. The number of hydrogen-bond donors (Lipinski definition) is 2. The predicted molar refractivity (Wildman–Crippen MR) is 104 cm³/mol. The summed E-state index contributed by atoms with van der Waals surface area (Å²) >= 11 is 0. The van der Waals surface area contributed by atoms with Crippen LogP contribution in [0.3, 0.4) is 0 Å². The van der Waals surface area contributed by atoms with Gasteiger partial charge in [0.05, 0.1) is 17.8 Å². The number of benzene rings is 2. The molecule has 0 radical (unpaired) electrons. The van der Waals surface area contributed by atoms with Gasteiger partial charge < -0.3 is 9.88 Å². The third-order valence-electron chi connectivity index (χ3n) is 4.29. The van der Waals surface area contributed by atoms with Crippen molar-refractivity contribution in [1.82, 2.24) is 9.88 Å². The zero-order chi connectivity index (χ0) is 23.5. The summed E-state index contributed by atoms with van der Waals surface area (Å²) in [5.74, 6) is -2.70. The quantitative estimate of drug-likeness (QED) is 0.585. The van der Waals surface area contributed by atoms with Gasteiger partial charge in [-0.25, -0.2) is 13.6 Å². The minimum atomic E-state index is -4.60. The van der Waals surface area contributed by atoms with E-state index in [1.165, 1.54) is 24.3 Å². The zero-order valence-corrected chi connectivity index (χ0v) is 16.0. The molecule has 0 aliphatic rings. The Morgan fingerprint density at radius 2 is 1.62 bits per heavy atom. The van der Waals surface area contributed by atoms with Crippen LogP contribution in [0, 0.1) is 11.6 Å². The molecular formula is C21H14F5N3O3. The average molecular weight is 451 g/mol. The summed E-state index contributed by atoms with van der Waals surface area (Å²) < 4.78 is 65.8. The van der Waals surface area contributed by atoms with Gasteiger partial charge in [-0.2, -0.15) is 13.2 Å². The van der Waals surface area contributed by atoms with E-state index in [2.05, 4.69) is 5.32 Å². The van der Waals surface area contributed by atoms with Gasteiger partial charge >= 0.3 is 12.2 Å². The van der Waals surface area contributed by atoms with Crippen molar-refractivity contribution in [2.24, 2.45) is 0 Å². The van der Waals surface area contributed by atoms with Crippen LogP contribution in [0.1, 0.15) is 21.5 Å². The van der Waals surface area contributed by atoms with Crippen LogP contribution < -0.4 is 16.2 Å².